The molecule has 0 saturated heterocycles. The van der Waals surface area contributed by atoms with E-state index in [2.05, 4.69) is 15.1 Å². The average Bonchev–Trinajstić information content (AvgIpc) is 2.86. The molecule has 20 heavy (non-hydrogen) atoms. The number of fused-ring (bicyclic) bond motifs is 1. The van der Waals surface area contributed by atoms with Gasteiger partial charge in [0.1, 0.15) is 18.0 Å². The highest BCUT2D eigenvalue weighted by atomic mass is 19.2. The van der Waals surface area contributed by atoms with Crippen LogP contribution in [0.15, 0.2) is 18.5 Å². The SMILES string of the molecule is Cc1nc2ncnn2c(N)c1-c1c(F)ccc(F)c1F.[2HH]. The first-order chi connectivity index (χ1) is 9.50. The third-order valence-electron chi connectivity index (χ3n) is 2.94. The quantitative estimate of drug-likeness (QED) is 0.695. The summed E-state index contributed by atoms with van der Waals surface area (Å²) in [6.07, 6.45) is 1.21. The first-order valence-electron chi connectivity index (χ1n) is 5.60. The number of aryl methyl sites for hydroxylation is 1. The molecule has 0 aliphatic rings. The molecule has 0 amide bonds. The summed E-state index contributed by atoms with van der Waals surface area (Å²) in [4.78, 5) is 7.88. The monoisotopic (exact) mass is 282 g/mol. The van der Waals surface area contributed by atoms with Gasteiger partial charge in [0.2, 0.25) is 0 Å². The highest BCUT2D eigenvalue weighted by molar-refractivity contribution is 5.78. The van der Waals surface area contributed by atoms with Gasteiger partial charge in [-0.15, -0.1) is 0 Å². The first kappa shape index (κ1) is 12.4. The van der Waals surface area contributed by atoms with E-state index in [1.165, 1.54) is 13.3 Å². The van der Waals surface area contributed by atoms with Crippen LogP contribution < -0.4 is 5.73 Å². The van der Waals surface area contributed by atoms with E-state index in [-0.39, 0.29) is 24.3 Å². The third kappa shape index (κ3) is 1.61. The Balaban J connectivity index is 0.00000161. The maximum absolute atomic E-state index is 13.9. The Hall–Kier alpha value is -2.64. The average molecular weight is 282 g/mol. The smallest absolute Gasteiger partial charge is 0.254 e. The molecule has 0 unspecified atom stereocenters. The number of anilines is 1. The number of rotatable bonds is 1. The predicted molar refractivity (Wildman–Crippen MR) is 67.4 cm³/mol. The number of hydrogen-bond donors (Lipinski definition) is 1. The molecule has 0 aliphatic heterocycles. The molecule has 0 fully saturated rings. The number of aromatic nitrogens is 4. The standard InChI is InChI=1S/C12H8F3N5.H2/c1-5-8(9-6(13)2-3-7(14)10(9)15)11(16)20-12(19-5)17-4-18-20;/h2-4H,16H2,1H3;1H/i;1+1. The van der Waals surface area contributed by atoms with Gasteiger partial charge in [0.25, 0.3) is 5.78 Å². The molecule has 0 spiro atoms. The van der Waals surface area contributed by atoms with Crippen LogP contribution in [0.4, 0.5) is 19.0 Å². The van der Waals surface area contributed by atoms with Crippen molar-refractivity contribution in [3.8, 4) is 11.1 Å². The van der Waals surface area contributed by atoms with E-state index in [9.17, 15) is 13.2 Å². The first-order valence-corrected chi connectivity index (χ1v) is 5.60. The minimum Gasteiger partial charge on any atom is -0.383 e. The van der Waals surface area contributed by atoms with E-state index in [1.807, 2.05) is 0 Å². The zero-order valence-corrected chi connectivity index (χ0v) is 10.2. The van der Waals surface area contributed by atoms with Crippen molar-refractivity contribution in [2.75, 3.05) is 5.73 Å². The van der Waals surface area contributed by atoms with Gasteiger partial charge in [0.05, 0.1) is 16.8 Å². The number of nitrogen functional groups attached to an aromatic ring is 1. The number of benzene rings is 1. The van der Waals surface area contributed by atoms with Gasteiger partial charge in [-0.25, -0.2) is 18.2 Å². The molecule has 3 aromatic rings. The van der Waals surface area contributed by atoms with Gasteiger partial charge in [-0.3, -0.25) is 0 Å². The Morgan fingerprint density at radius 1 is 1.15 bits per heavy atom. The molecule has 0 radical (unpaired) electrons. The molecule has 2 aromatic heterocycles. The second-order valence-electron chi connectivity index (χ2n) is 4.15. The molecule has 104 valence electrons. The Kier molecular flexibility index (Phi) is 2.60. The molecule has 0 saturated carbocycles. The number of nitrogens with two attached hydrogens (primary N) is 1. The lowest BCUT2D eigenvalue weighted by atomic mass is 10.0. The van der Waals surface area contributed by atoms with Gasteiger partial charge < -0.3 is 5.73 Å². The summed E-state index contributed by atoms with van der Waals surface area (Å²) >= 11 is 0. The van der Waals surface area contributed by atoms with Crippen molar-refractivity contribution in [3.05, 3.63) is 41.6 Å². The fourth-order valence-corrected chi connectivity index (χ4v) is 2.04. The highest BCUT2D eigenvalue weighted by Crippen LogP contribution is 2.33. The lowest BCUT2D eigenvalue weighted by molar-refractivity contribution is 0.499. The molecule has 1 aromatic carbocycles. The van der Waals surface area contributed by atoms with Crippen LogP contribution in [0, 0.1) is 24.4 Å². The molecule has 3 rings (SSSR count). The molecule has 0 atom stereocenters. The lowest BCUT2D eigenvalue weighted by Crippen LogP contribution is -2.08. The predicted octanol–water partition coefficient (Wildman–Crippen LogP) is 2.35. The second-order valence-corrected chi connectivity index (χ2v) is 4.15. The number of hydrogen-bond acceptors (Lipinski definition) is 4. The Bertz CT molecular complexity index is 833. The summed E-state index contributed by atoms with van der Waals surface area (Å²) in [6.45, 7) is 1.50. The van der Waals surface area contributed by atoms with Crippen LogP contribution in [-0.4, -0.2) is 19.6 Å². The molecular formula is C12H10F3N5. The van der Waals surface area contributed by atoms with Crippen molar-refractivity contribution in [2.24, 2.45) is 0 Å². The number of nitrogens with zero attached hydrogens (tertiary/aromatic N) is 4. The van der Waals surface area contributed by atoms with Crippen molar-refractivity contribution < 1.29 is 14.6 Å². The summed E-state index contributed by atoms with van der Waals surface area (Å²) in [7, 11) is 0. The lowest BCUT2D eigenvalue weighted by Gasteiger charge is -2.12. The maximum Gasteiger partial charge on any atom is 0.254 e. The molecule has 0 bridgehead atoms. The topological polar surface area (TPSA) is 69.1 Å². The molecule has 5 nitrogen and oxygen atoms in total. The second kappa shape index (κ2) is 4.19. The van der Waals surface area contributed by atoms with Gasteiger partial charge in [0.15, 0.2) is 11.6 Å². The summed E-state index contributed by atoms with van der Waals surface area (Å²) in [5, 5.41) is 3.81. The Morgan fingerprint density at radius 3 is 2.60 bits per heavy atom. The van der Waals surface area contributed by atoms with E-state index < -0.39 is 23.0 Å². The molecular weight excluding hydrogens is 271 g/mol. The van der Waals surface area contributed by atoms with Crippen LogP contribution >= 0.6 is 0 Å². The van der Waals surface area contributed by atoms with Crippen molar-refractivity contribution in [1.29, 1.82) is 0 Å². The van der Waals surface area contributed by atoms with E-state index in [0.717, 1.165) is 10.6 Å². The fraction of sp³-hybridized carbons (Fsp3) is 0.0833. The van der Waals surface area contributed by atoms with Gasteiger partial charge in [0, 0.05) is 1.43 Å². The Morgan fingerprint density at radius 2 is 1.85 bits per heavy atom. The van der Waals surface area contributed by atoms with Crippen molar-refractivity contribution in [3.63, 3.8) is 0 Å². The highest BCUT2D eigenvalue weighted by Gasteiger charge is 2.22. The maximum atomic E-state index is 13.9. The van der Waals surface area contributed by atoms with Crippen LogP contribution in [-0.2, 0) is 0 Å². The van der Waals surface area contributed by atoms with Crippen LogP contribution in [0.1, 0.15) is 7.12 Å². The zero-order valence-electron chi connectivity index (χ0n) is 10.2. The minimum absolute atomic E-state index is 0. The fourth-order valence-electron chi connectivity index (χ4n) is 2.04. The number of halogens is 3. The van der Waals surface area contributed by atoms with E-state index >= 15 is 0 Å². The summed E-state index contributed by atoms with van der Waals surface area (Å²) < 4.78 is 42.2. The van der Waals surface area contributed by atoms with Gasteiger partial charge in [-0.1, -0.05) is 0 Å². The van der Waals surface area contributed by atoms with Crippen LogP contribution in [0.2, 0.25) is 0 Å². The molecule has 8 heteroatoms. The van der Waals surface area contributed by atoms with Gasteiger partial charge >= 0.3 is 0 Å². The summed E-state index contributed by atoms with van der Waals surface area (Å²) in [6, 6.07) is 1.54. The zero-order chi connectivity index (χ0) is 14.4. The van der Waals surface area contributed by atoms with E-state index in [1.54, 1.807) is 0 Å². The van der Waals surface area contributed by atoms with Crippen molar-refractivity contribution in [1.82, 2.24) is 19.6 Å². The van der Waals surface area contributed by atoms with Gasteiger partial charge in [-0.05, 0) is 19.1 Å². The van der Waals surface area contributed by atoms with E-state index in [0.29, 0.717) is 6.07 Å². The van der Waals surface area contributed by atoms with Gasteiger partial charge in [-0.2, -0.15) is 14.6 Å². The normalized spacial score (nSPS) is 11.2. The van der Waals surface area contributed by atoms with Crippen LogP contribution in [0.25, 0.3) is 16.9 Å². The third-order valence-corrected chi connectivity index (χ3v) is 2.94. The molecule has 0 aliphatic carbocycles. The summed E-state index contributed by atoms with van der Waals surface area (Å²) in [5.74, 6) is -3.28. The summed E-state index contributed by atoms with van der Waals surface area (Å²) in [5.41, 5.74) is 5.47. The Labute approximate surface area is 112 Å². The van der Waals surface area contributed by atoms with Crippen LogP contribution in [0.5, 0.6) is 0 Å². The minimum atomic E-state index is -1.32. The largest absolute Gasteiger partial charge is 0.383 e. The van der Waals surface area contributed by atoms with Crippen molar-refractivity contribution >= 4 is 11.6 Å². The van der Waals surface area contributed by atoms with Crippen molar-refractivity contribution in [2.45, 2.75) is 6.92 Å². The molecule has 2 N–H and O–H groups in total. The molecule has 2 heterocycles. The van der Waals surface area contributed by atoms with E-state index in [4.69, 9.17) is 5.73 Å². The van der Waals surface area contributed by atoms with Crippen LogP contribution in [0.3, 0.4) is 0 Å².